The zero-order chi connectivity index (χ0) is 17.9. The van der Waals surface area contributed by atoms with Crippen LogP contribution in [0.5, 0.6) is 0 Å². The maximum Gasteiger partial charge on any atom is 0.0132 e. The molecule has 0 aromatic carbocycles. The molecule has 136 valence electrons. The van der Waals surface area contributed by atoms with Crippen LogP contribution >= 0.6 is 0 Å². The second-order valence-corrected chi connectivity index (χ2v) is 8.08. The van der Waals surface area contributed by atoms with Gasteiger partial charge in [0.25, 0.3) is 0 Å². The van der Waals surface area contributed by atoms with E-state index in [1.165, 1.54) is 57.8 Å². The molecule has 0 heteroatoms. The van der Waals surface area contributed by atoms with Gasteiger partial charge in [0.1, 0.15) is 0 Å². The highest BCUT2D eigenvalue weighted by Crippen LogP contribution is 2.45. The molecule has 0 aromatic rings. The third-order valence-electron chi connectivity index (χ3n) is 6.56. The highest BCUT2D eigenvalue weighted by Gasteiger charge is 2.29. The van der Waals surface area contributed by atoms with Gasteiger partial charge in [-0.15, -0.1) is 0 Å². The van der Waals surface area contributed by atoms with Crippen molar-refractivity contribution in [3.05, 3.63) is 81.5 Å². The van der Waals surface area contributed by atoms with Crippen molar-refractivity contribution in [1.82, 2.24) is 0 Å². The molecule has 0 saturated heterocycles. The van der Waals surface area contributed by atoms with Crippen LogP contribution in [0.4, 0.5) is 0 Å². The van der Waals surface area contributed by atoms with Crippen molar-refractivity contribution >= 4 is 0 Å². The molecule has 0 heterocycles. The van der Waals surface area contributed by atoms with Crippen molar-refractivity contribution in [2.75, 3.05) is 0 Å². The molecule has 0 saturated carbocycles. The molecule has 0 spiro atoms. The Labute approximate surface area is 159 Å². The van der Waals surface area contributed by atoms with E-state index in [1.807, 2.05) is 0 Å². The van der Waals surface area contributed by atoms with E-state index in [4.69, 9.17) is 0 Å². The Morgan fingerprint density at radius 1 is 0.846 bits per heavy atom. The van der Waals surface area contributed by atoms with Crippen molar-refractivity contribution in [3.8, 4) is 0 Å². The third-order valence-corrected chi connectivity index (χ3v) is 6.56. The minimum atomic E-state index is 0.574. The van der Waals surface area contributed by atoms with Crippen LogP contribution in [0.25, 0.3) is 0 Å². The molecular weight excluding hydrogens is 312 g/mol. The highest BCUT2D eigenvalue weighted by molar-refractivity contribution is 5.55. The van der Waals surface area contributed by atoms with Gasteiger partial charge in [-0.25, -0.2) is 0 Å². The smallest absolute Gasteiger partial charge is 0.0132 e. The van der Waals surface area contributed by atoms with Crippen molar-refractivity contribution < 1.29 is 0 Å². The fourth-order valence-corrected chi connectivity index (χ4v) is 5.00. The molecule has 1 unspecified atom stereocenters. The van der Waals surface area contributed by atoms with Gasteiger partial charge in [0, 0.05) is 5.92 Å². The predicted molar refractivity (Wildman–Crippen MR) is 113 cm³/mol. The van der Waals surface area contributed by atoms with Gasteiger partial charge in [0.2, 0.25) is 0 Å². The Morgan fingerprint density at radius 3 is 2.46 bits per heavy atom. The molecule has 4 aliphatic rings. The highest BCUT2D eigenvalue weighted by atomic mass is 14.3. The zero-order valence-corrected chi connectivity index (χ0v) is 16.5. The summed E-state index contributed by atoms with van der Waals surface area (Å²) in [6, 6.07) is 0. The second kappa shape index (κ2) is 7.82. The van der Waals surface area contributed by atoms with Crippen LogP contribution < -0.4 is 0 Å². The van der Waals surface area contributed by atoms with E-state index in [0.717, 1.165) is 0 Å². The Balaban J connectivity index is 1.82. The molecule has 4 aliphatic carbocycles. The average molecular weight is 345 g/mol. The van der Waals surface area contributed by atoms with Gasteiger partial charge in [-0.3, -0.25) is 0 Å². The van der Waals surface area contributed by atoms with Crippen molar-refractivity contribution in [3.63, 3.8) is 0 Å². The van der Waals surface area contributed by atoms with E-state index in [1.54, 1.807) is 39.0 Å². The van der Waals surface area contributed by atoms with E-state index in [9.17, 15) is 0 Å². The van der Waals surface area contributed by atoms with Crippen LogP contribution in [-0.4, -0.2) is 0 Å². The molecule has 0 N–H and O–H groups in total. The molecule has 0 aromatic heterocycles. The zero-order valence-electron chi connectivity index (χ0n) is 16.5. The first-order chi connectivity index (χ1) is 12.8. The van der Waals surface area contributed by atoms with Gasteiger partial charge < -0.3 is 0 Å². The molecule has 0 amide bonds. The summed E-state index contributed by atoms with van der Waals surface area (Å²) in [6.45, 7) is 4.64. The summed E-state index contributed by atoms with van der Waals surface area (Å²) in [4.78, 5) is 0. The predicted octanol–water partition coefficient (Wildman–Crippen LogP) is 7.69. The third kappa shape index (κ3) is 3.39. The lowest BCUT2D eigenvalue weighted by atomic mass is 9.71. The lowest BCUT2D eigenvalue weighted by Crippen LogP contribution is -2.18. The summed E-state index contributed by atoms with van der Waals surface area (Å²) < 4.78 is 0. The average Bonchev–Trinajstić information content (AvgIpc) is 2.73. The molecule has 0 bridgehead atoms. The Hall–Kier alpha value is -1.82. The number of allylic oxidation sites excluding steroid dienone is 14. The summed E-state index contributed by atoms with van der Waals surface area (Å²) in [5.74, 6) is 0.574. The molecule has 0 radical (unpaired) electrons. The first-order valence-electron chi connectivity index (χ1n) is 10.7. The Kier molecular flexibility index (Phi) is 5.29. The van der Waals surface area contributed by atoms with E-state index in [-0.39, 0.29) is 0 Å². The van der Waals surface area contributed by atoms with Crippen LogP contribution in [0.1, 0.15) is 71.6 Å². The normalized spacial score (nSPS) is 25.8. The molecule has 0 nitrogen and oxygen atoms in total. The summed E-state index contributed by atoms with van der Waals surface area (Å²) in [7, 11) is 0. The standard InChI is InChI=1S/C26H32/c1-3-19-14-15-24(21-10-6-5-7-11-21)25(17-19)26-18-20(4-2)16-22-12-8-9-13-23(22)26/h5-6,9-10,13,16-17,26H,3-4,7-8,11-12,14-15,18H2,1-2H3. The number of rotatable bonds is 4. The molecule has 26 heavy (non-hydrogen) atoms. The number of hydrogen-bond donors (Lipinski definition) is 0. The fraction of sp³-hybridized carbons (Fsp3) is 0.462. The topological polar surface area (TPSA) is 0 Å². The maximum atomic E-state index is 2.59. The van der Waals surface area contributed by atoms with Crippen LogP contribution in [0.15, 0.2) is 81.5 Å². The van der Waals surface area contributed by atoms with Gasteiger partial charge in [0.05, 0.1) is 0 Å². The largest absolute Gasteiger partial charge is 0.0842 e. The lowest BCUT2D eigenvalue weighted by molar-refractivity contribution is 0.656. The maximum absolute atomic E-state index is 2.59. The Bertz CT molecular complexity index is 786. The second-order valence-electron chi connectivity index (χ2n) is 8.08. The first kappa shape index (κ1) is 17.6. The van der Waals surface area contributed by atoms with Crippen LogP contribution in [0, 0.1) is 5.92 Å². The monoisotopic (exact) mass is 344 g/mol. The molecular formula is C26H32. The number of hydrogen-bond acceptors (Lipinski definition) is 0. The molecule has 0 aliphatic heterocycles. The van der Waals surface area contributed by atoms with Gasteiger partial charge in [0.15, 0.2) is 0 Å². The van der Waals surface area contributed by atoms with Crippen molar-refractivity contribution in [2.45, 2.75) is 71.6 Å². The van der Waals surface area contributed by atoms with Crippen molar-refractivity contribution in [2.24, 2.45) is 5.92 Å². The van der Waals surface area contributed by atoms with Crippen LogP contribution in [0.3, 0.4) is 0 Å². The van der Waals surface area contributed by atoms with Gasteiger partial charge in [-0.2, -0.15) is 0 Å². The molecule has 4 rings (SSSR count). The summed E-state index contributed by atoms with van der Waals surface area (Å²) in [5, 5.41) is 0. The Morgan fingerprint density at radius 2 is 1.69 bits per heavy atom. The lowest BCUT2D eigenvalue weighted by Gasteiger charge is -2.34. The van der Waals surface area contributed by atoms with Gasteiger partial charge in [-0.05, 0) is 85.7 Å². The quantitative estimate of drug-likeness (QED) is 0.490. The van der Waals surface area contributed by atoms with E-state index >= 15 is 0 Å². The molecule has 1 atom stereocenters. The summed E-state index contributed by atoms with van der Waals surface area (Å²) in [5.41, 5.74) is 11.4. The minimum Gasteiger partial charge on any atom is -0.0842 e. The van der Waals surface area contributed by atoms with Crippen LogP contribution in [-0.2, 0) is 0 Å². The fourth-order valence-electron chi connectivity index (χ4n) is 5.00. The van der Waals surface area contributed by atoms with Crippen LogP contribution in [0.2, 0.25) is 0 Å². The van der Waals surface area contributed by atoms with Gasteiger partial charge >= 0.3 is 0 Å². The summed E-state index contributed by atoms with van der Waals surface area (Å²) >= 11 is 0. The van der Waals surface area contributed by atoms with E-state index in [2.05, 4.69) is 56.4 Å². The van der Waals surface area contributed by atoms with Gasteiger partial charge in [-0.1, -0.05) is 67.5 Å². The first-order valence-corrected chi connectivity index (χ1v) is 10.7. The SMILES string of the molecule is CCC1=CC(C2CC(CC)=CC3=C2C=CCC3)=C(C2=CC=CCC2)CC1. The molecule has 0 fully saturated rings. The van der Waals surface area contributed by atoms with E-state index < -0.39 is 0 Å². The minimum absolute atomic E-state index is 0.574. The van der Waals surface area contributed by atoms with E-state index in [0.29, 0.717) is 5.92 Å². The van der Waals surface area contributed by atoms with Crippen molar-refractivity contribution in [1.29, 1.82) is 0 Å². The summed E-state index contributed by atoms with van der Waals surface area (Å²) in [6.07, 6.45) is 27.9.